The Hall–Kier alpha value is -1.79. The highest BCUT2D eigenvalue weighted by Gasteiger charge is 2.33. The van der Waals surface area contributed by atoms with Gasteiger partial charge in [0.15, 0.2) is 0 Å². The molecule has 0 aliphatic carbocycles. The number of hydrogen-bond acceptors (Lipinski definition) is 3. The number of carbonyl (C=O) groups is 1. The first-order valence-electron chi connectivity index (χ1n) is 11.9. The highest BCUT2D eigenvalue weighted by Crippen LogP contribution is 2.34. The summed E-state index contributed by atoms with van der Waals surface area (Å²) in [5.41, 5.74) is 1.57. The number of benzene rings is 3. The van der Waals surface area contributed by atoms with E-state index in [2.05, 4.69) is 10.2 Å². The molecular formula is C28H28Cl4N2O2. The Labute approximate surface area is 232 Å². The summed E-state index contributed by atoms with van der Waals surface area (Å²) in [7, 11) is 0. The quantitative estimate of drug-likeness (QED) is 0.304. The van der Waals surface area contributed by atoms with Crippen molar-refractivity contribution in [2.75, 3.05) is 26.2 Å². The number of nitrogens with zero attached hydrogens (tertiary/aromatic N) is 1. The lowest BCUT2D eigenvalue weighted by Gasteiger charge is -2.39. The Kier molecular flexibility index (Phi) is 9.21. The van der Waals surface area contributed by atoms with E-state index in [1.165, 1.54) is 0 Å². The molecule has 36 heavy (non-hydrogen) atoms. The van der Waals surface area contributed by atoms with Gasteiger partial charge in [0.25, 0.3) is 5.91 Å². The van der Waals surface area contributed by atoms with Crippen molar-refractivity contribution in [1.29, 1.82) is 0 Å². The van der Waals surface area contributed by atoms with Crippen LogP contribution in [0.25, 0.3) is 0 Å². The van der Waals surface area contributed by atoms with E-state index >= 15 is 0 Å². The summed E-state index contributed by atoms with van der Waals surface area (Å²) >= 11 is 24.6. The first-order chi connectivity index (χ1) is 17.2. The predicted molar refractivity (Wildman–Crippen MR) is 149 cm³/mol. The number of carbonyl (C=O) groups excluding carboxylic acids is 1. The molecule has 1 heterocycles. The molecule has 1 aliphatic heterocycles. The minimum absolute atomic E-state index is 0.0183. The van der Waals surface area contributed by atoms with Crippen LogP contribution in [0.3, 0.4) is 0 Å². The van der Waals surface area contributed by atoms with Gasteiger partial charge < -0.3 is 15.3 Å². The van der Waals surface area contributed by atoms with Gasteiger partial charge in [0, 0.05) is 30.6 Å². The number of rotatable bonds is 8. The lowest BCUT2D eigenvalue weighted by Crippen LogP contribution is -2.43. The van der Waals surface area contributed by atoms with Crippen LogP contribution >= 0.6 is 46.4 Å². The van der Waals surface area contributed by atoms with Gasteiger partial charge in [-0.05, 0) is 67.3 Å². The Morgan fingerprint density at radius 3 is 2.31 bits per heavy atom. The molecule has 4 rings (SSSR count). The third-order valence-corrected chi connectivity index (χ3v) is 8.17. The van der Waals surface area contributed by atoms with Crippen molar-refractivity contribution in [3.05, 3.63) is 104 Å². The topological polar surface area (TPSA) is 52.6 Å². The van der Waals surface area contributed by atoms with E-state index in [0.29, 0.717) is 45.0 Å². The summed E-state index contributed by atoms with van der Waals surface area (Å²) in [6.07, 6.45) is 2.16. The molecule has 8 heteroatoms. The molecule has 0 radical (unpaired) electrons. The third kappa shape index (κ3) is 6.74. The van der Waals surface area contributed by atoms with Crippen LogP contribution in [0.2, 0.25) is 20.1 Å². The maximum atomic E-state index is 12.8. The van der Waals surface area contributed by atoms with E-state index in [-0.39, 0.29) is 11.8 Å². The summed E-state index contributed by atoms with van der Waals surface area (Å²) in [5.74, 6) is -0.239. The molecule has 2 N–H and O–H groups in total. The Morgan fingerprint density at radius 1 is 0.917 bits per heavy atom. The van der Waals surface area contributed by atoms with Gasteiger partial charge in [-0.1, -0.05) is 82.8 Å². The zero-order valence-corrected chi connectivity index (χ0v) is 22.7. The number of likely N-dealkylation sites (tertiary alicyclic amines) is 1. The normalized spacial score (nSPS) is 16.5. The van der Waals surface area contributed by atoms with Gasteiger partial charge in [-0.15, -0.1) is 0 Å². The maximum absolute atomic E-state index is 12.8. The van der Waals surface area contributed by atoms with Crippen LogP contribution in [0.5, 0.6) is 0 Å². The van der Waals surface area contributed by atoms with Crippen LogP contribution in [0.1, 0.15) is 46.7 Å². The third-order valence-electron chi connectivity index (χ3n) is 6.89. The molecule has 0 spiro atoms. The van der Waals surface area contributed by atoms with Crippen molar-refractivity contribution in [2.45, 2.75) is 30.8 Å². The fourth-order valence-corrected chi connectivity index (χ4v) is 5.46. The SMILES string of the molecule is O=C(NCC(CCN1CCC(O)(c2ccccc2)CC1)c1ccc(Cl)c(Cl)c1)c1ccc(Cl)cc1Cl. The zero-order chi connectivity index (χ0) is 25.7. The average Bonchev–Trinajstić information content (AvgIpc) is 2.87. The predicted octanol–water partition coefficient (Wildman–Crippen LogP) is 7.19. The standard InChI is InChI=1S/C28H28Cl4N2O2/c29-22-7-8-23(25(31)17-22)27(35)33-18-20(19-6-9-24(30)26(32)16-19)10-13-34-14-11-28(36,12-15-34)21-4-2-1-3-5-21/h1-9,16-17,20,36H,10-15,18H2,(H,33,35). The van der Waals surface area contributed by atoms with Crippen LogP contribution in [-0.2, 0) is 5.60 Å². The van der Waals surface area contributed by atoms with Crippen LogP contribution in [0, 0.1) is 0 Å². The molecule has 3 aromatic rings. The monoisotopic (exact) mass is 564 g/mol. The van der Waals surface area contributed by atoms with E-state index < -0.39 is 5.60 Å². The summed E-state index contributed by atoms with van der Waals surface area (Å²) in [5, 5.41) is 15.9. The lowest BCUT2D eigenvalue weighted by atomic mass is 9.84. The zero-order valence-electron chi connectivity index (χ0n) is 19.7. The molecule has 1 saturated heterocycles. The highest BCUT2D eigenvalue weighted by atomic mass is 35.5. The summed E-state index contributed by atoms with van der Waals surface area (Å²) in [6, 6.07) is 20.3. The summed E-state index contributed by atoms with van der Waals surface area (Å²) < 4.78 is 0. The molecule has 1 unspecified atom stereocenters. The molecule has 0 aromatic heterocycles. The van der Waals surface area contributed by atoms with Crippen molar-refractivity contribution in [3.63, 3.8) is 0 Å². The molecule has 3 aromatic carbocycles. The largest absolute Gasteiger partial charge is 0.385 e. The van der Waals surface area contributed by atoms with Crippen LogP contribution in [0.15, 0.2) is 66.7 Å². The summed E-state index contributed by atoms with van der Waals surface area (Å²) in [4.78, 5) is 15.2. The van der Waals surface area contributed by atoms with Gasteiger partial charge in [-0.25, -0.2) is 0 Å². The molecule has 1 amide bonds. The Balaban J connectivity index is 1.40. The molecule has 4 nitrogen and oxygen atoms in total. The van der Waals surface area contributed by atoms with Crippen molar-refractivity contribution < 1.29 is 9.90 Å². The Morgan fingerprint density at radius 2 is 1.64 bits per heavy atom. The first-order valence-corrected chi connectivity index (χ1v) is 13.4. The van der Waals surface area contributed by atoms with E-state index in [1.807, 2.05) is 42.5 Å². The van der Waals surface area contributed by atoms with E-state index in [9.17, 15) is 9.90 Å². The molecule has 1 aliphatic rings. The number of aliphatic hydroxyl groups is 1. The number of amides is 1. The van der Waals surface area contributed by atoms with Gasteiger partial charge >= 0.3 is 0 Å². The van der Waals surface area contributed by atoms with Crippen molar-refractivity contribution in [3.8, 4) is 0 Å². The molecule has 0 bridgehead atoms. The van der Waals surface area contributed by atoms with Crippen molar-refractivity contribution in [1.82, 2.24) is 10.2 Å². The minimum atomic E-state index is -0.785. The fraction of sp³-hybridized carbons (Fsp3) is 0.321. The second kappa shape index (κ2) is 12.2. The number of halogens is 4. The van der Waals surface area contributed by atoms with E-state index in [1.54, 1.807) is 24.3 Å². The molecular weight excluding hydrogens is 538 g/mol. The Bertz CT molecular complexity index is 1200. The van der Waals surface area contributed by atoms with Crippen LogP contribution in [-0.4, -0.2) is 42.1 Å². The van der Waals surface area contributed by atoms with Gasteiger partial charge in [0.2, 0.25) is 0 Å². The van der Waals surface area contributed by atoms with Crippen LogP contribution < -0.4 is 5.32 Å². The fourth-order valence-electron chi connectivity index (χ4n) is 4.66. The first kappa shape index (κ1) is 27.3. The number of nitrogens with one attached hydrogen (secondary N) is 1. The van der Waals surface area contributed by atoms with Gasteiger partial charge in [0.1, 0.15) is 0 Å². The van der Waals surface area contributed by atoms with E-state index in [4.69, 9.17) is 46.4 Å². The highest BCUT2D eigenvalue weighted by molar-refractivity contribution is 6.42. The van der Waals surface area contributed by atoms with Gasteiger partial charge in [-0.2, -0.15) is 0 Å². The maximum Gasteiger partial charge on any atom is 0.252 e. The van der Waals surface area contributed by atoms with E-state index in [0.717, 1.165) is 37.2 Å². The minimum Gasteiger partial charge on any atom is -0.385 e. The summed E-state index contributed by atoms with van der Waals surface area (Å²) in [6.45, 7) is 2.84. The molecule has 1 fully saturated rings. The second-order valence-electron chi connectivity index (χ2n) is 9.23. The average molecular weight is 566 g/mol. The lowest BCUT2D eigenvalue weighted by molar-refractivity contribution is -0.0263. The number of piperidine rings is 1. The number of hydrogen-bond donors (Lipinski definition) is 2. The van der Waals surface area contributed by atoms with Crippen molar-refractivity contribution in [2.24, 2.45) is 0 Å². The molecule has 1 atom stereocenters. The van der Waals surface area contributed by atoms with Crippen molar-refractivity contribution >= 4 is 52.3 Å². The van der Waals surface area contributed by atoms with Gasteiger partial charge in [-0.3, -0.25) is 4.79 Å². The van der Waals surface area contributed by atoms with Gasteiger partial charge in [0.05, 0.1) is 26.2 Å². The molecule has 190 valence electrons. The molecule has 0 saturated carbocycles. The van der Waals surface area contributed by atoms with Crippen LogP contribution in [0.4, 0.5) is 0 Å². The second-order valence-corrected chi connectivity index (χ2v) is 10.9. The smallest absolute Gasteiger partial charge is 0.252 e.